The van der Waals surface area contributed by atoms with Crippen LogP contribution in [0.4, 0.5) is 0 Å². The molecular formula is C16H21ClN2O3. The van der Waals surface area contributed by atoms with E-state index in [-0.39, 0.29) is 17.7 Å². The maximum absolute atomic E-state index is 12.5. The molecule has 0 unspecified atom stereocenters. The van der Waals surface area contributed by atoms with Gasteiger partial charge in [-0.3, -0.25) is 9.59 Å². The Morgan fingerprint density at radius 3 is 2.64 bits per heavy atom. The first-order valence-electron chi connectivity index (χ1n) is 7.51. The van der Waals surface area contributed by atoms with Crippen LogP contribution in [0.15, 0.2) is 24.3 Å². The van der Waals surface area contributed by atoms with Crippen molar-refractivity contribution in [2.75, 3.05) is 13.1 Å². The maximum atomic E-state index is 12.5. The van der Waals surface area contributed by atoms with Crippen LogP contribution in [0, 0.1) is 5.92 Å². The molecule has 1 atom stereocenters. The Hall–Kier alpha value is -1.75. The van der Waals surface area contributed by atoms with Gasteiger partial charge in [0.2, 0.25) is 5.91 Å². The summed E-state index contributed by atoms with van der Waals surface area (Å²) in [4.78, 5) is 25.5. The van der Waals surface area contributed by atoms with Crippen LogP contribution in [0.1, 0.15) is 26.2 Å². The summed E-state index contributed by atoms with van der Waals surface area (Å²) in [6.07, 6.45) is 1.27. The van der Waals surface area contributed by atoms with Gasteiger partial charge in [0.05, 0.1) is 0 Å². The third kappa shape index (κ3) is 4.13. The fraction of sp³-hybridized carbons (Fsp3) is 0.500. The Labute approximate surface area is 135 Å². The second-order valence-corrected chi connectivity index (χ2v) is 5.91. The molecule has 1 aromatic carbocycles. The number of amides is 2. The van der Waals surface area contributed by atoms with Gasteiger partial charge in [0.25, 0.3) is 5.91 Å². The summed E-state index contributed by atoms with van der Waals surface area (Å²) >= 11 is 5.93. The summed E-state index contributed by atoms with van der Waals surface area (Å²) in [7, 11) is 0. The molecule has 0 radical (unpaired) electrons. The highest BCUT2D eigenvalue weighted by Gasteiger charge is 2.30. The van der Waals surface area contributed by atoms with E-state index < -0.39 is 6.10 Å². The third-order valence-corrected chi connectivity index (χ3v) is 4.16. The lowest BCUT2D eigenvalue weighted by atomic mass is 9.96. The molecule has 6 heteroatoms. The normalized spacial score (nSPS) is 17.1. The average Bonchev–Trinajstić information content (AvgIpc) is 2.52. The number of likely N-dealkylation sites (tertiary alicyclic amines) is 1. The molecule has 1 fully saturated rings. The minimum absolute atomic E-state index is 0.0506. The molecule has 1 saturated heterocycles. The summed E-state index contributed by atoms with van der Waals surface area (Å²) < 4.78 is 5.77. The molecule has 120 valence electrons. The molecule has 2 N–H and O–H groups in total. The number of rotatable bonds is 5. The van der Waals surface area contributed by atoms with Crippen molar-refractivity contribution in [2.24, 2.45) is 11.7 Å². The van der Waals surface area contributed by atoms with Crippen molar-refractivity contribution in [3.63, 3.8) is 0 Å². The highest BCUT2D eigenvalue weighted by molar-refractivity contribution is 6.30. The zero-order chi connectivity index (χ0) is 16.1. The van der Waals surface area contributed by atoms with E-state index in [9.17, 15) is 9.59 Å². The summed E-state index contributed by atoms with van der Waals surface area (Å²) in [6, 6.07) is 7.01. The van der Waals surface area contributed by atoms with Gasteiger partial charge in [-0.15, -0.1) is 0 Å². The van der Waals surface area contributed by atoms with Gasteiger partial charge in [-0.05, 0) is 37.5 Å². The van der Waals surface area contributed by atoms with E-state index in [2.05, 4.69) is 0 Å². The molecule has 1 heterocycles. The Morgan fingerprint density at radius 1 is 1.41 bits per heavy atom. The van der Waals surface area contributed by atoms with Crippen LogP contribution in [0.5, 0.6) is 5.75 Å². The molecule has 1 aliphatic heterocycles. The standard InChI is InChI=1S/C16H21ClN2O3/c1-2-14(22-13-5-3-4-12(17)10-13)16(21)19-8-6-11(7-9-19)15(18)20/h3-5,10-11,14H,2,6-9H2,1H3,(H2,18,20)/t14-/m1/s1. The van der Waals surface area contributed by atoms with E-state index in [0.717, 1.165) is 0 Å². The number of piperidine rings is 1. The summed E-state index contributed by atoms with van der Waals surface area (Å²) in [5.41, 5.74) is 5.31. The second kappa shape index (κ2) is 7.49. The molecule has 22 heavy (non-hydrogen) atoms. The van der Waals surface area contributed by atoms with E-state index in [1.165, 1.54) is 0 Å². The SMILES string of the molecule is CC[C@@H](Oc1cccc(Cl)c1)C(=O)N1CCC(C(N)=O)CC1. The van der Waals surface area contributed by atoms with Crippen molar-refractivity contribution < 1.29 is 14.3 Å². The molecule has 0 aliphatic carbocycles. The van der Waals surface area contributed by atoms with Crippen LogP contribution < -0.4 is 10.5 Å². The van der Waals surface area contributed by atoms with Crippen LogP contribution in [-0.4, -0.2) is 35.9 Å². The maximum Gasteiger partial charge on any atom is 0.263 e. The van der Waals surface area contributed by atoms with Crippen molar-refractivity contribution in [3.8, 4) is 5.75 Å². The summed E-state index contributed by atoms with van der Waals surface area (Å²) in [6.45, 7) is 2.99. The minimum atomic E-state index is -0.538. The van der Waals surface area contributed by atoms with Crippen molar-refractivity contribution in [1.82, 2.24) is 4.90 Å². The van der Waals surface area contributed by atoms with Crippen molar-refractivity contribution in [2.45, 2.75) is 32.3 Å². The van der Waals surface area contributed by atoms with Crippen molar-refractivity contribution in [1.29, 1.82) is 0 Å². The van der Waals surface area contributed by atoms with Crippen molar-refractivity contribution >= 4 is 23.4 Å². The first-order valence-corrected chi connectivity index (χ1v) is 7.89. The first kappa shape index (κ1) is 16.6. The van der Waals surface area contributed by atoms with E-state index in [1.54, 1.807) is 29.2 Å². The zero-order valence-electron chi connectivity index (χ0n) is 12.6. The van der Waals surface area contributed by atoms with E-state index in [0.29, 0.717) is 43.1 Å². The van der Waals surface area contributed by atoms with Gasteiger partial charge in [0, 0.05) is 24.0 Å². The third-order valence-electron chi connectivity index (χ3n) is 3.93. The molecule has 0 saturated carbocycles. The largest absolute Gasteiger partial charge is 0.481 e. The van der Waals surface area contributed by atoms with Gasteiger partial charge in [-0.2, -0.15) is 0 Å². The molecule has 1 aromatic rings. The zero-order valence-corrected chi connectivity index (χ0v) is 13.4. The molecule has 0 aromatic heterocycles. The fourth-order valence-electron chi connectivity index (χ4n) is 2.60. The van der Waals surface area contributed by atoms with Gasteiger partial charge in [0.15, 0.2) is 6.10 Å². The van der Waals surface area contributed by atoms with Crippen LogP contribution >= 0.6 is 11.6 Å². The monoisotopic (exact) mass is 324 g/mol. The van der Waals surface area contributed by atoms with Crippen LogP contribution in [0.3, 0.4) is 0 Å². The van der Waals surface area contributed by atoms with E-state index in [1.807, 2.05) is 6.92 Å². The summed E-state index contributed by atoms with van der Waals surface area (Å²) in [5, 5.41) is 0.571. The Morgan fingerprint density at radius 2 is 2.09 bits per heavy atom. The molecule has 2 rings (SSSR count). The predicted octanol–water partition coefficient (Wildman–Crippen LogP) is 2.22. The fourth-order valence-corrected chi connectivity index (χ4v) is 2.78. The average molecular weight is 325 g/mol. The first-order chi connectivity index (χ1) is 10.5. The van der Waals surface area contributed by atoms with E-state index in [4.69, 9.17) is 22.1 Å². The molecule has 1 aliphatic rings. The smallest absolute Gasteiger partial charge is 0.263 e. The van der Waals surface area contributed by atoms with Gasteiger partial charge >= 0.3 is 0 Å². The number of carbonyl (C=O) groups excluding carboxylic acids is 2. The van der Waals surface area contributed by atoms with Crippen LogP contribution in [-0.2, 0) is 9.59 Å². The topological polar surface area (TPSA) is 72.6 Å². The van der Waals surface area contributed by atoms with Gasteiger partial charge < -0.3 is 15.4 Å². The minimum Gasteiger partial charge on any atom is -0.481 e. The highest BCUT2D eigenvalue weighted by atomic mass is 35.5. The number of primary amides is 1. The van der Waals surface area contributed by atoms with Gasteiger partial charge in [0.1, 0.15) is 5.75 Å². The molecule has 0 spiro atoms. The Kier molecular flexibility index (Phi) is 5.66. The number of nitrogens with zero attached hydrogens (tertiary/aromatic N) is 1. The Balaban J connectivity index is 1.96. The number of hydrogen-bond acceptors (Lipinski definition) is 3. The lowest BCUT2D eigenvalue weighted by Crippen LogP contribution is -2.47. The number of carbonyl (C=O) groups is 2. The number of ether oxygens (including phenoxy) is 1. The molecule has 2 amide bonds. The van der Waals surface area contributed by atoms with Crippen molar-refractivity contribution in [3.05, 3.63) is 29.3 Å². The number of benzene rings is 1. The second-order valence-electron chi connectivity index (χ2n) is 5.47. The van der Waals surface area contributed by atoms with Crippen LogP contribution in [0.25, 0.3) is 0 Å². The van der Waals surface area contributed by atoms with Gasteiger partial charge in [-0.25, -0.2) is 0 Å². The number of nitrogens with two attached hydrogens (primary N) is 1. The number of halogens is 1. The lowest BCUT2D eigenvalue weighted by Gasteiger charge is -2.33. The molecule has 0 bridgehead atoms. The molecular weight excluding hydrogens is 304 g/mol. The Bertz CT molecular complexity index is 542. The van der Waals surface area contributed by atoms with Gasteiger partial charge in [-0.1, -0.05) is 24.6 Å². The van der Waals surface area contributed by atoms with Crippen LogP contribution in [0.2, 0.25) is 5.02 Å². The predicted molar refractivity (Wildman–Crippen MR) is 84.7 cm³/mol. The summed E-state index contributed by atoms with van der Waals surface area (Å²) in [5.74, 6) is 0.123. The lowest BCUT2D eigenvalue weighted by molar-refractivity contribution is -0.141. The highest BCUT2D eigenvalue weighted by Crippen LogP contribution is 2.22. The number of hydrogen-bond donors (Lipinski definition) is 1. The molecule has 5 nitrogen and oxygen atoms in total. The quantitative estimate of drug-likeness (QED) is 0.902. The van der Waals surface area contributed by atoms with E-state index >= 15 is 0 Å².